The van der Waals surface area contributed by atoms with Crippen molar-refractivity contribution in [3.8, 4) is 5.69 Å². The van der Waals surface area contributed by atoms with E-state index in [0.717, 1.165) is 48.3 Å². The number of rotatable bonds is 2. The molecule has 1 aliphatic heterocycles. The van der Waals surface area contributed by atoms with Gasteiger partial charge in [-0.15, -0.1) is 22.6 Å². The van der Waals surface area contributed by atoms with Gasteiger partial charge in [-0.2, -0.15) is 0 Å². The second-order valence-electron chi connectivity index (χ2n) is 4.94. The van der Waals surface area contributed by atoms with Crippen LogP contribution in [0.2, 0.25) is 5.02 Å². The zero-order chi connectivity index (χ0) is 13.2. The number of halogens is 2. The summed E-state index contributed by atoms with van der Waals surface area (Å²) in [6.45, 7) is 4.10. The van der Waals surface area contributed by atoms with Crippen LogP contribution < -0.4 is 5.32 Å². The van der Waals surface area contributed by atoms with Gasteiger partial charge in [0.2, 0.25) is 0 Å². The summed E-state index contributed by atoms with van der Waals surface area (Å²) in [4.78, 5) is 0. The lowest BCUT2D eigenvalue weighted by atomic mass is 9.97. The van der Waals surface area contributed by atoms with Gasteiger partial charge >= 0.3 is 0 Å². The smallest absolute Gasteiger partial charge is 0.140 e. The summed E-state index contributed by atoms with van der Waals surface area (Å²) >= 11 is 5.95. The van der Waals surface area contributed by atoms with E-state index in [1.165, 1.54) is 0 Å². The topological polar surface area (TPSA) is 42.7 Å². The molecule has 0 aliphatic carbocycles. The predicted molar refractivity (Wildman–Crippen MR) is 83.2 cm³/mol. The van der Waals surface area contributed by atoms with E-state index in [1.54, 1.807) is 0 Å². The van der Waals surface area contributed by atoms with Crippen molar-refractivity contribution < 1.29 is 0 Å². The second kappa shape index (κ2) is 6.57. The molecule has 0 saturated carbocycles. The highest BCUT2D eigenvalue weighted by Crippen LogP contribution is 2.27. The highest BCUT2D eigenvalue weighted by molar-refractivity contribution is 6.30. The van der Waals surface area contributed by atoms with Crippen molar-refractivity contribution in [3.63, 3.8) is 0 Å². The average molecular weight is 313 g/mol. The fraction of sp³-hybridized carbons (Fsp3) is 0.429. The van der Waals surface area contributed by atoms with E-state index in [0.29, 0.717) is 5.92 Å². The van der Waals surface area contributed by atoms with Crippen LogP contribution >= 0.6 is 24.0 Å². The molecule has 1 saturated heterocycles. The molecule has 2 aromatic rings. The van der Waals surface area contributed by atoms with Gasteiger partial charge < -0.3 is 5.32 Å². The van der Waals surface area contributed by atoms with Gasteiger partial charge in [0.15, 0.2) is 0 Å². The molecule has 3 rings (SSSR count). The van der Waals surface area contributed by atoms with E-state index in [4.69, 9.17) is 11.6 Å². The number of hydrogen-bond donors (Lipinski definition) is 1. The summed E-state index contributed by atoms with van der Waals surface area (Å²) in [6, 6.07) is 7.84. The third-order valence-electron chi connectivity index (χ3n) is 3.64. The standard InChI is InChI=1S/C14H17ClN4.ClH/c1-10-17-18-14(11-6-8-16-9-7-11)19(10)13-4-2-12(15)3-5-13;/h2-5,11,16H,6-9H2,1H3;1H. The second-order valence-corrected chi connectivity index (χ2v) is 5.38. The zero-order valence-corrected chi connectivity index (χ0v) is 12.9. The summed E-state index contributed by atoms with van der Waals surface area (Å²) in [5.41, 5.74) is 1.08. The minimum Gasteiger partial charge on any atom is -0.317 e. The van der Waals surface area contributed by atoms with Crippen molar-refractivity contribution in [2.75, 3.05) is 13.1 Å². The number of piperidine rings is 1. The van der Waals surface area contributed by atoms with Crippen molar-refractivity contribution in [1.29, 1.82) is 0 Å². The molecule has 108 valence electrons. The number of aryl methyl sites for hydroxylation is 1. The van der Waals surface area contributed by atoms with Crippen LogP contribution in [-0.4, -0.2) is 27.9 Å². The lowest BCUT2D eigenvalue weighted by Crippen LogP contribution is -2.28. The molecule has 1 N–H and O–H groups in total. The van der Waals surface area contributed by atoms with E-state index in [-0.39, 0.29) is 12.4 Å². The van der Waals surface area contributed by atoms with E-state index < -0.39 is 0 Å². The van der Waals surface area contributed by atoms with Gasteiger partial charge in [-0.25, -0.2) is 0 Å². The van der Waals surface area contributed by atoms with Crippen LogP contribution in [0.15, 0.2) is 24.3 Å². The Morgan fingerprint density at radius 2 is 1.80 bits per heavy atom. The highest BCUT2D eigenvalue weighted by atomic mass is 35.5. The molecule has 20 heavy (non-hydrogen) atoms. The Morgan fingerprint density at radius 1 is 1.15 bits per heavy atom. The monoisotopic (exact) mass is 312 g/mol. The molecule has 1 aromatic carbocycles. The first-order chi connectivity index (χ1) is 9.25. The average Bonchev–Trinajstić information content (AvgIpc) is 2.83. The summed E-state index contributed by atoms with van der Waals surface area (Å²) in [5.74, 6) is 2.48. The molecule has 0 unspecified atom stereocenters. The molecule has 0 radical (unpaired) electrons. The fourth-order valence-electron chi connectivity index (χ4n) is 2.63. The third-order valence-corrected chi connectivity index (χ3v) is 3.89. The maximum absolute atomic E-state index is 5.95. The van der Waals surface area contributed by atoms with Gasteiger partial charge in [-0.3, -0.25) is 4.57 Å². The van der Waals surface area contributed by atoms with Crippen LogP contribution in [0.5, 0.6) is 0 Å². The van der Waals surface area contributed by atoms with Crippen molar-refractivity contribution in [2.45, 2.75) is 25.7 Å². The van der Waals surface area contributed by atoms with Gasteiger partial charge in [-0.05, 0) is 57.1 Å². The summed E-state index contributed by atoms with van der Waals surface area (Å²) in [5, 5.41) is 12.8. The number of hydrogen-bond acceptors (Lipinski definition) is 3. The lowest BCUT2D eigenvalue weighted by molar-refractivity contribution is 0.440. The molecule has 0 amide bonds. The van der Waals surface area contributed by atoms with Gasteiger partial charge in [0.25, 0.3) is 0 Å². The summed E-state index contributed by atoms with van der Waals surface area (Å²) < 4.78 is 2.15. The third kappa shape index (κ3) is 2.97. The molecule has 1 aromatic heterocycles. The molecule has 2 heterocycles. The van der Waals surface area contributed by atoms with Crippen molar-refractivity contribution >= 4 is 24.0 Å². The molecule has 6 heteroatoms. The first-order valence-electron chi connectivity index (χ1n) is 6.64. The molecular weight excluding hydrogens is 295 g/mol. The molecule has 1 fully saturated rings. The van der Waals surface area contributed by atoms with E-state index in [1.807, 2.05) is 31.2 Å². The van der Waals surface area contributed by atoms with E-state index >= 15 is 0 Å². The van der Waals surface area contributed by atoms with Crippen LogP contribution in [0.1, 0.15) is 30.4 Å². The van der Waals surface area contributed by atoms with Gasteiger partial charge in [0.1, 0.15) is 11.6 Å². The first kappa shape index (κ1) is 15.3. The van der Waals surface area contributed by atoms with Gasteiger partial charge in [0.05, 0.1) is 0 Å². The van der Waals surface area contributed by atoms with Crippen LogP contribution in [-0.2, 0) is 0 Å². The van der Waals surface area contributed by atoms with E-state index in [9.17, 15) is 0 Å². The minimum absolute atomic E-state index is 0. The highest BCUT2D eigenvalue weighted by Gasteiger charge is 2.22. The van der Waals surface area contributed by atoms with Crippen molar-refractivity contribution in [1.82, 2.24) is 20.1 Å². The molecule has 1 aliphatic rings. The van der Waals surface area contributed by atoms with Crippen LogP contribution in [0.25, 0.3) is 5.69 Å². The zero-order valence-electron chi connectivity index (χ0n) is 11.3. The molecule has 0 bridgehead atoms. The van der Waals surface area contributed by atoms with Crippen LogP contribution in [0.4, 0.5) is 0 Å². The normalized spacial score (nSPS) is 15.9. The van der Waals surface area contributed by atoms with Crippen LogP contribution in [0.3, 0.4) is 0 Å². The maximum atomic E-state index is 5.95. The van der Waals surface area contributed by atoms with E-state index in [2.05, 4.69) is 20.1 Å². The van der Waals surface area contributed by atoms with Gasteiger partial charge in [0, 0.05) is 16.6 Å². The molecule has 0 spiro atoms. The van der Waals surface area contributed by atoms with Crippen molar-refractivity contribution in [2.24, 2.45) is 0 Å². The Balaban J connectivity index is 0.00000147. The van der Waals surface area contributed by atoms with Crippen LogP contribution in [0, 0.1) is 6.92 Å². The first-order valence-corrected chi connectivity index (χ1v) is 7.02. The Bertz CT molecular complexity index is 559. The Labute approximate surface area is 130 Å². The number of aromatic nitrogens is 3. The summed E-state index contributed by atoms with van der Waals surface area (Å²) in [6.07, 6.45) is 2.23. The molecule has 4 nitrogen and oxygen atoms in total. The number of nitrogens with zero attached hydrogens (tertiary/aromatic N) is 3. The lowest BCUT2D eigenvalue weighted by Gasteiger charge is -2.22. The Morgan fingerprint density at radius 3 is 2.45 bits per heavy atom. The van der Waals surface area contributed by atoms with Crippen molar-refractivity contribution in [3.05, 3.63) is 40.9 Å². The predicted octanol–water partition coefficient (Wildman–Crippen LogP) is 3.12. The summed E-state index contributed by atoms with van der Waals surface area (Å²) in [7, 11) is 0. The molecular formula is C14H18Cl2N4. The number of nitrogens with one attached hydrogen (secondary N) is 1. The fourth-order valence-corrected chi connectivity index (χ4v) is 2.76. The number of benzene rings is 1. The Kier molecular flexibility index (Phi) is 5.02. The molecule has 0 atom stereocenters. The maximum Gasteiger partial charge on any atom is 0.140 e. The quantitative estimate of drug-likeness (QED) is 0.926. The SMILES string of the molecule is Cc1nnc(C2CCNCC2)n1-c1ccc(Cl)cc1.Cl. The Hall–Kier alpha value is -1.10. The van der Waals surface area contributed by atoms with Gasteiger partial charge in [-0.1, -0.05) is 11.6 Å². The minimum atomic E-state index is 0. The largest absolute Gasteiger partial charge is 0.317 e.